The molecule has 0 unspecified atom stereocenters. The second-order valence-electron chi connectivity index (χ2n) is 5.87. The molecule has 0 spiro atoms. The summed E-state index contributed by atoms with van der Waals surface area (Å²) in [7, 11) is 0. The molecule has 0 fully saturated rings. The molecule has 0 aliphatic heterocycles. The number of guanidine groups is 1. The van der Waals surface area contributed by atoms with Crippen molar-refractivity contribution in [1.82, 2.24) is 5.32 Å². The topological polar surface area (TPSA) is 151 Å². The molecule has 4 atom stereocenters. The Morgan fingerprint density at radius 3 is 2.35 bits per heavy atom. The van der Waals surface area contributed by atoms with Crippen LogP contribution in [-0.4, -0.2) is 46.2 Å². The van der Waals surface area contributed by atoms with Gasteiger partial charge in [0.1, 0.15) is 0 Å². The minimum absolute atomic E-state index is 0. The Bertz CT molecular complexity index is 507. The maximum atomic E-state index is 11.4. The Balaban J connectivity index is 0. The fourth-order valence-corrected chi connectivity index (χ4v) is 2.48. The van der Waals surface area contributed by atoms with E-state index in [0.717, 1.165) is 0 Å². The Morgan fingerprint density at radius 2 is 1.96 bits per heavy atom. The van der Waals surface area contributed by atoms with Crippen LogP contribution in [0.1, 0.15) is 40.5 Å². The fourth-order valence-electron chi connectivity index (χ4n) is 2.48. The van der Waals surface area contributed by atoms with Gasteiger partial charge in [-0.2, -0.15) is 13.8 Å². The van der Waals surface area contributed by atoms with E-state index >= 15 is 0 Å². The average molecular weight is 443 g/mol. The van der Waals surface area contributed by atoms with Gasteiger partial charge >= 0.3 is 5.97 Å². The zero-order valence-electron chi connectivity index (χ0n) is 15.8. The molecule has 0 saturated heterocycles. The largest absolute Gasteiger partial charge is 0.478 e. The van der Waals surface area contributed by atoms with Gasteiger partial charge in [-0.05, 0) is 5.92 Å². The molecule has 1 amide bonds. The molecule has 7 N–H and O–H groups in total. The minimum atomic E-state index is -1.05. The van der Waals surface area contributed by atoms with Crippen LogP contribution in [0.5, 0.6) is 0 Å². The number of rotatable bonds is 7. The molecule has 26 heavy (non-hydrogen) atoms. The molecule has 0 heterocycles. The molecular formula is C17H30N4O4Y-2. The standard InChI is InChI=1S/C14H23N4O4.C3H7.Y/c1-3-9(20)6-12(17-7(2)19)10-4-8(13(21)22)5-11(10)18-14(15)16;1-3-2;/h4,6,9-12,20H,3,5H2,1-2H3,(H,17,19)(H,21,22)(H4,15,16,18);3H,1-2H3;/q2*-1;/t9-,10+,11+,12+;;/m0../s1. The number of nitrogens with two attached hydrogens (primary N) is 2. The maximum Gasteiger partial charge on any atom is 0.331 e. The molecule has 0 saturated carbocycles. The van der Waals surface area contributed by atoms with Gasteiger partial charge in [0, 0.05) is 51.6 Å². The third-order valence-electron chi connectivity index (χ3n) is 3.49. The second kappa shape index (κ2) is 14.1. The van der Waals surface area contributed by atoms with Crippen molar-refractivity contribution in [2.24, 2.45) is 22.4 Å². The van der Waals surface area contributed by atoms with Crippen LogP contribution in [0.25, 0.3) is 0 Å². The number of carbonyl (C=O) groups excluding carboxylic acids is 1. The van der Waals surface area contributed by atoms with Gasteiger partial charge in [0.15, 0.2) is 5.96 Å². The van der Waals surface area contributed by atoms with Crippen molar-refractivity contribution >= 4 is 17.8 Å². The van der Waals surface area contributed by atoms with E-state index in [0.29, 0.717) is 6.42 Å². The molecule has 147 valence electrons. The predicted molar refractivity (Wildman–Crippen MR) is 97.3 cm³/mol. The molecule has 1 radical (unpaired) electrons. The number of aliphatic hydroxyl groups excluding tert-OH is 1. The van der Waals surface area contributed by atoms with Crippen LogP contribution in [0.15, 0.2) is 16.6 Å². The van der Waals surface area contributed by atoms with Crippen LogP contribution >= 0.6 is 0 Å². The predicted octanol–water partition coefficient (Wildman–Crippen LogP) is 0.367. The third kappa shape index (κ3) is 10.2. The van der Waals surface area contributed by atoms with Crippen molar-refractivity contribution in [3.05, 3.63) is 24.5 Å². The number of nitrogens with one attached hydrogen (secondary N) is 1. The summed E-state index contributed by atoms with van der Waals surface area (Å²) >= 11 is 0. The van der Waals surface area contributed by atoms with Crippen molar-refractivity contribution in [3.63, 3.8) is 0 Å². The van der Waals surface area contributed by atoms with Crippen LogP contribution in [-0.2, 0) is 42.3 Å². The Kier molecular flexibility index (Phi) is 14.8. The molecule has 0 aromatic heterocycles. The second-order valence-corrected chi connectivity index (χ2v) is 5.87. The van der Waals surface area contributed by atoms with E-state index < -0.39 is 30.1 Å². The summed E-state index contributed by atoms with van der Waals surface area (Å²) in [6.07, 6.45) is 5.04. The van der Waals surface area contributed by atoms with E-state index in [1.54, 1.807) is 19.4 Å². The normalized spacial score (nSPS) is 20.4. The number of nitrogens with zero attached hydrogens (tertiary/aromatic N) is 1. The van der Waals surface area contributed by atoms with E-state index in [1.807, 2.05) is 20.3 Å². The van der Waals surface area contributed by atoms with E-state index in [4.69, 9.17) is 16.6 Å². The van der Waals surface area contributed by atoms with Crippen molar-refractivity contribution in [2.75, 3.05) is 0 Å². The van der Waals surface area contributed by atoms with Crippen LogP contribution in [0.2, 0.25) is 0 Å². The quantitative estimate of drug-likeness (QED) is 0.218. The van der Waals surface area contributed by atoms with Gasteiger partial charge in [-0.1, -0.05) is 31.6 Å². The third-order valence-corrected chi connectivity index (χ3v) is 3.49. The number of carboxylic acid groups (broad SMARTS) is 1. The van der Waals surface area contributed by atoms with Crippen LogP contribution in [0, 0.1) is 18.8 Å². The van der Waals surface area contributed by atoms with Crippen LogP contribution in [0.3, 0.4) is 0 Å². The Labute approximate surface area is 180 Å². The molecule has 0 aromatic carbocycles. The summed E-state index contributed by atoms with van der Waals surface area (Å²) in [4.78, 5) is 26.6. The van der Waals surface area contributed by atoms with Crippen molar-refractivity contribution in [2.45, 2.75) is 58.7 Å². The maximum absolute atomic E-state index is 11.4. The summed E-state index contributed by atoms with van der Waals surface area (Å²) in [6, 6.07) is -1.05. The fraction of sp³-hybridized carbons (Fsp3) is 0.588. The summed E-state index contributed by atoms with van der Waals surface area (Å²) in [5.41, 5.74) is 11.0. The Morgan fingerprint density at radius 1 is 1.42 bits per heavy atom. The number of aliphatic hydroxyl groups is 1. The van der Waals surface area contributed by atoms with Gasteiger partial charge in [-0.15, -0.1) is 0 Å². The number of carboxylic acids is 1. The molecule has 9 heteroatoms. The molecule has 0 aromatic rings. The van der Waals surface area contributed by atoms with Gasteiger partial charge in [0.2, 0.25) is 5.91 Å². The zero-order valence-corrected chi connectivity index (χ0v) is 18.7. The number of aliphatic imine (C=N–C) groups is 1. The number of hydrogen-bond donors (Lipinski definition) is 5. The summed E-state index contributed by atoms with van der Waals surface area (Å²) < 4.78 is 0. The number of amides is 1. The molecule has 1 aliphatic rings. The molecule has 1 rings (SSSR count). The van der Waals surface area contributed by atoms with Crippen LogP contribution in [0.4, 0.5) is 0 Å². The monoisotopic (exact) mass is 443 g/mol. The van der Waals surface area contributed by atoms with Gasteiger partial charge in [-0.3, -0.25) is 11.2 Å². The van der Waals surface area contributed by atoms with Crippen molar-refractivity contribution in [1.29, 1.82) is 0 Å². The first-order valence-corrected chi connectivity index (χ1v) is 8.23. The smallest absolute Gasteiger partial charge is 0.331 e. The minimum Gasteiger partial charge on any atom is -0.478 e. The SMILES string of the molecule is CC[C@H](O)[CH-][C@@H](NC(C)=O)[C@@H]1C=C(C(=O)O)C[C@H]1N=C(N)N.C[CH-]C.[Y]. The first-order chi connectivity index (χ1) is 11.7. The van der Waals surface area contributed by atoms with E-state index in [9.17, 15) is 14.7 Å². The van der Waals surface area contributed by atoms with Crippen molar-refractivity contribution < 1.29 is 52.5 Å². The summed E-state index contributed by atoms with van der Waals surface area (Å²) in [5, 5.41) is 21.7. The molecule has 8 nitrogen and oxygen atoms in total. The number of carbonyl (C=O) groups is 2. The average Bonchev–Trinajstić information content (AvgIpc) is 2.90. The van der Waals surface area contributed by atoms with E-state index in [2.05, 4.69) is 10.3 Å². The number of aliphatic carboxylic acids is 1. The summed E-state index contributed by atoms with van der Waals surface area (Å²) in [6.45, 7) is 7.15. The van der Waals surface area contributed by atoms with Crippen LogP contribution < -0.4 is 16.8 Å². The van der Waals surface area contributed by atoms with E-state index in [-0.39, 0.29) is 56.6 Å². The molecule has 1 aliphatic carbocycles. The Hall–Kier alpha value is -0.986. The zero-order chi connectivity index (χ0) is 19.6. The number of hydrogen-bond acceptors (Lipinski definition) is 4. The van der Waals surface area contributed by atoms with E-state index in [1.165, 1.54) is 6.92 Å². The molecular weight excluding hydrogens is 413 g/mol. The first-order valence-electron chi connectivity index (χ1n) is 8.23. The van der Waals surface area contributed by atoms with Gasteiger partial charge in [0.25, 0.3) is 0 Å². The van der Waals surface area contributed by atoms with Gasteiger partial charge in [0.05, 0.1) is 6.04 Å². The van der Waals surface area contributed by atoms with Gasteiger partial charge in [-0.25, -0.2) is 9.79 Å². The summed E-state index contributed by atoms with van der Waals surface area (Å²) in [5.74, 6) is -1.91. The molecule has 0 bridgehead atoms. The van der Waals surface area contributed by atoms with Gasteiger partial charge < -0.3 is 33.4 Å². The van der Waals surface area contributed by atoms with Crippen molar-refractivity contribution in [3.8, 4) is 0 Å². The first kappa shape index (κ1) is 27.2.